The number of hydrogen-bond acceptors (Lipinski definition) is 3. The first kappa shape index (κ1) is 10.2. The van der Waals surface area contributed by atoms with Crippen LogP contribution in [-0.4, -0.2) is 17.3 Å². The van der Waals surface area contributed by atoms with Gasteiger partial charge in [0.15, 0.2) is 5.84 Å². The van der Waals surface area contributed by atoms with Crippen molar-refractivity contribution in [1.29, 1.82) is 0 Å². The van der Waals surface area contributed by atoms with Crippen molar-refractivity contribution in [2.45, 2.75) is 4.90 Å². The SMILES string of the molecule is CSc1cccc(Cl)c1C(N)=NO. The predicted molar refractivity (Wildman–Crippen MR) is 55.7 cm³/mol. The van der Waals surface area contributed by atoms with Gasteiger partial charge < -0.3 is 10.9 Å². The molecule has 0 saturated heterocycles. The number of hydrogen-bond donors (Lipinski definition) is 2. The Morgan fingerprint density at radius 2 is 2.31 bits per heavy atom. The Balaban J connectivity index is 3.31. The van der Waals surface area contributed by atoms with Crippen molar-refractivity contribution in [3.05, 3.63) is 28.8 Å². The van der Waals surface area contributed by atoms with Gasteiger partial charge in [-0.1, -0.05) is 22.8 Å². The fourth-order valence-electron chi connectivity index (χ4n) is 0.973. The number of amidine groups is 1. The minimum Gasteiger partial charge on any atom is -0.409 e. The van der Waals surface area contributed by atoms with Crippen molar-refractivity contribution < 1.29 is 5.21 Å². The van der Waals surface area contributed by atoms with Crippen LogP contribution in [0.25, 0.3) is 0 Å². The maximum absolute atomic E-state index is 8.53. The van der Waals surface area contributed by atoms with Gasteiger partial charge in [0.1, 0.15) is 0 Å². The summed E-state index contributed by atoms with van der Waals surface area (Å²) in [6.45, 7) is 0. The van der Waals surface area contributed by atoms with Gasteiger partial charge in [0.2, 0.25) is 0 Å². The Bertz CT molecular complexity index is 341. The molecule has 0 heterocycles. The van der Waals surface area contributed by atoms with Crippen molar-refractivity contribution in [2.75, 3.05) is 6.26 Å². The molecule has 3 nitrogen and oxygen atoms in total. The van der Waals surface area contributed by atoms with Gasteiger partial charge in [-0.3, -0.25) is 0 Å². The van der Waals surface area contributed by atoms with Gasteiger partial charge in [0.05, 0.1) is 10.6 Å². The van der Waals surface area contributed by atoms with Crippen LogP contribution in [0, 0.1) is 0 Å². The maximum atomic E-state index is 8.53. The third kappa shape index (κ3) is 2.08. The summed E-state index contributed by atoms with van der Waals surface area (Å²) in [4.78, 5) is 0.891. The number of nitrogens with two attached hydrogens (primary N) is 1. The van der Waals surface area contributed by atoms with Crippen LogP contribution in [0.1, 0.15) is 5.56 Å². The van der Waals surface area contributed by atoms with E-state index in [1.165, 1.54) is 11.8 Å². The van der Waals surface area contributed by atoms with Crippen LogP contribution >= 0.6 is 23.4 Å². The zero-order valence-electron chi connectivity index (χ0n) is 6.99. The smallest absolute Gasteiger partial charge is 0.172 e. The third-order valence-electron chi connectivity index (χ3n) is 1.56. The Kier molecular flexibility index (Phi) is 3.45. The number of thioether (sulfide) groups is 1. The highest BCUT2D eigenvalue weighted by molar-refractivity contribution is 7.98. The van der Waals surface area contributed by atoms with Crippen LogP contribution in [-0.2, 0) is 0 Å². The lowest BCUT2D eigenvalue weighted by atomic mass is 10.2. The van der Waals surface area contributed by atoms with Gasteiger partial charge in [-0.05, 0) is 18.4 Å². The molecule has 13 heavy (non-hydrogen) atoms. The Hall–Kier alpha value is -0.870. The first-order chi connectivity index (χ1) is 6.20. The summed E-state index contributed by atoms with van der Waals surface area (Å²) in [7, 11) is 0. The van der Waals surface area contributed by atoms with Crippen molar-refractivity contribution in [2.24, 2.45) is 10.9 Å². The lowest BCUT2D eigenvalue weighted by Crippen LogP contribution is -2.14. The molecule has 0 spiro atoms. The molecular formula is C8H9ClN2OS. The van der Waals surface area contributed by atoms with E-state index in [4.69, 9.17) is 22.5 Å². The molecule has 0 unspecified atom stereocenters. The number of benzene rings is 1. The van der Waals surface area contributed by atoms with Crippen molar-refractivity contribution in [1.82, 2.24) is 0 Å². The van der Waals surface area contributed by atoms with Gasteiger partial charge in [0.25, 0.3) is 0 Å². The van der Waals surface area contributed by atoms with Crippen LogP contribution in [0.5, 0.6) is 0 Å². The molecule has 1 aromatic carbocycles. The lowest BCUT2D eigenvalue weighted by Gasteiger charge is -2.06. The van der Waals surface area contributed by atoms with Crippen LogP contribution in [0.2, 0.25) is 5.02 Å². The average Bonchev–Trinajstić information content (AvgIpc) is 2.16. The van der Waals surface area contributed by atoms with Crippen molar-refractivity contribution in [3.63, 3.8) is 0 Å². The predicted octanol–water partition coefficient (Wildman–Crippen LogP) is 2.16. The summed E-state index contributed by atoms with van der Waals surface area (Å²) in [5, 5.41) is 11.9. The molecule has 0 atom stereocenters. The second-order valence-electron chi connectivity index (χ2n) is 2.30. The fraction of sp³-hybridized carbons (Fsp3) is 0.125. The molecule has 70 valence electrons. The molecular weight excluding hydrogens is 208 g/mol. The maximum Gasteiger partial charge on any atom is 0.172 e. The highest BCUT2D eigenvalue weighted by atomic mass is 35.5. The van der Waals surface area contributed by atoms with Crippen LogP contribution in [0.4, 0.5) is 0 Å². The van der Waals surface area contributed by atoms with E-state index in [2.05, 4.69) is 5.16 Å². The summed E-state index contributed by atoms with van der Waals surface area (Å²) in [5.41, 5.74) is 6.06. The fourth-order valence-corrected chi connectivity index (χ4v) is 1.93. The van der Waals surface area contributed by atoms with E-state index < -0.39 is 0 Å². The van der Waals surface area contributed by atoms with Crippen LogP contribution in [0.15, 0.2) is 28.3 Å². The summed E-state index contributed by atoms with van der Waals surface area (Å²) in [6, 6.07) is 5.39. The van der Waals surface area contributed by atoms with E-state index >= 15 is 0 Å². The van der Waals surface area contributed by atoms with Gasteiger partial charge in [-0.2, -0.15) is 0 Å². The van der Waals surface area contributed by atoms with E-state index in [1.54, 1.807) is 6.07 Å². The van der Waals surface area contributed by atoms with E-state index in [9.17, 15) is 0 Å². The van der Waals surface area contributed by atoms with Crippen molar-refractivity contribution >= 4 is 29.2 Å². The van der Waals surface area contributed by atoms with E-state index in [0.29, 0.717) is 10.6 Å². The minimum absolute atomic E-state index is 0.0370. The first-order valence-electron chi connectivity index (χ1n) is 3.51. The molecule has 0 aliphatic carbocycles. The Labute approximate surface area is 85.6 Å². The molecule has 0 fully saturated rings. The Morgan fingerprint density at radius 3 is 2.85 bits per heavy atom. The molecule has 0 radical (unpaired) electrons. The summed E-state index contributed by atoms with van der Waals surface area (Å²) < 4.78 is 0. The largest absolute Gasteiger partial charge is 0.409 e. The molecule has 0 saturated carbocycles. The number of halogens is 1. The molecule has 3 N–H and O–H groups in total. The zero-order valence-corrected chi connectivity index (χ0v) is 8.56. The van der Waals surface area contributed by atoms with Gasteiger partial charge in [-0.25, -0.2) is 0 Å². The second kappa shape index (κ2) is 4.39. The van der Waals surface area contributed by atoms with Crippen LogP contribution < -0.4 is 5.73 Å². The number of nitrogens with zero attached hydrogens (tertiary/aromatic N) is 1. The number of rotatable bonds is 2. The lowest BCUT2D eigenvalue weighted by molar-refractivity contribution is 0.318. The molecule has 5 heteroatoms. The minimum atomic E-state index is 0.0370. The van der Waals surface area contributed by atoms with E-state index in [-0.39, 0.29) is 5.84 Å². The molecule has 0 bridgehead atoms. The second-order valence-corrected chi connectivity index (χ2v) is 3.56. The molecule has 0 amide bonds. The monoisotopic (exact) mass is 216 g/mol. The third-order valence-corrected chi connectivity index (χ3v) is 2.65. The van der Waals surface area contributed by atoms with Gasteiger partial charge in [-0.15, -0.1) is 11.8 Å². The highest BCUT2D eigenvalue weighted by Crippen LogP contribution is 2.26. The number of oxime groups is 1. The highest BCUT2D eigenvalue weighted by Gasteiger charge is 2.09. The van der Waals surface area contributed by atoms with E-state index in [1.807, 2.05) is 18.4 Å². The summed E-state index contributed by atoms with van der Waals surface area (Å²) in [6.07, 6.45) is 1.90. The molecule has 1 aromatic rings. The molecule has 0 aliphatic heterocycles. The summed E-state index contributed by atoms with van der Waals surface area (Å²) >= 11 is 7.39. The average molecular weight is 217 g/mol. The van der Waals surface area contributed by atoms with Crippen molar-refractivity contribution in [3.8, 4) is 0 Å². The van der Waals surface area contributed by atoms with Crippen LogP contribution in [0.3, 0.4) is 0 Å². The summed E-state index contributed by atoms with van der Waals surface area (Å²) in [5.74, 6) is 0.0370. The van der Waals surface area contributed by atoms with Gasteiger partial charge >= 0.3 is 0 Å². The molecule has 1 rings (SSSR count). The Morgan fingerprint density at radius 1 is 1.62 bits per heavy atom. The first-order valence-corrected chi connectivity index (χ1v) is 5.11. The molecule has 0 aliphatic rings. The topological polar surface area (TPSA) is 58.6 Å². The quantitative estimate of drug-likeness (QED) is 0.262. The zero-order chi connectivity index (χ0) is 9.84. The normalized spacial score (nSPS) is 11.7. The molecule has 0 aromatic heterocycles. The van der Waals surface area contributed by atoms with E-state index in [0.717, 1.165) is 4.90 Å². The standard InChI is InChI=1S/C8H9ClN2OS/c1-13-6-4-2-3-5(9)7(6)8(10)11-12/h2-4,12H,1H3,(H2,10,11). The van der Waals surface area contributed by atoms with Gasteiger partial charge in [0, 0.05) is 4.90 Å².